The maximum absolute atomic E-state index is 5.92. The molecular weight excluding hydrogens is 182 g/mol. The highest BCUT2D eigenvalue weighted by Crippen LogP contribution is 2.07. The summed E-state index contributed by atoms with van der Waals surface area (Å²) in [6.45, 7) is 0. The molecule has 0 spiro atoms. The van der Waals surface area contributed by atoms with Crippen molar-refractivity contribution in [3.8, 4) is 0 Å². The van der Waals surface area contributed by atoms with Crippen molar-refractivity contribution in [2.45, 2.75) is 6.04 Å². The molecule has 0 fully saturated rings. The average molecular weight is 197 g/mol. The Hall–Kier alpha value is -0.683. The van der Waals surface area contributed by atoms with E-state index in [0.717, 1.165) is 5.56 Å². The van der Waals surface area contributed by atoms with Crippen molar-refractivity contribution >= 4 is 8.72 Å². The topological polar surface area (TPSA) is 44.5 Å². The van der Waals surface area contributed by atoms with Crippen LogP contribution in [0.2, 0.25) is 0 Å². The lowest BCUT2D eigenvalue weighted by Crippen LogP contribution is -2.53. The maximum Gasteiger partial charge on any atom is 0.426 e. The minimum atomic E-state index is -2.44. The van der Waals surface area contributed by atoms with E-state index in [9.17, 15) is 0 Å². The molecule has 0 aliphatic carbocycles. The van der Waals surface area contributed by atoms with E-state index in [0.29, 0.717) is 6.04 Å². The van der Waals surface area contributed by atoms with E-state index in [-0.39, 0.29) is 0 Å². The van der Waals surface area contributed by atoms with Crippen LogP contribution in [-0.4, -0.2) is 22.9 Å². The third-order valence-electron chi connectivity index (χ3n) is 1.98. The fourth-order valence-corrected chi connectivity index (χ4v) is 2.37. The number of hydrogen-bond donors (Lipinski definition) is 1. The van der Waals surface area contributed by atoms with Crippen LogP contribution in [0.25, 0.3) is 0 Å². The van der Waals surface area contributed by atoms with Gasteiger partial charge in [0, 0.05) is 20.3 Å². The maximum atomic E-state index is 5.92. The SMILES string of the molecule is CO[Si](N)(Cc1ccccc1)OC. The van der Waals surface area contributed by atoms with Crippen molar-refractivity contribution in [3.05, 3.63) is 35.9 Å². The predicted octanol–water partition coefficient (Wildman–Crippen LogP) is 0.959. The van der Waals surface area contributed by atoms with Gasteiger partial charge < -0.3 is 14.3 Å². The number of nitrogens with two attached hydrogens (primary N) is 1. The molecule has 0 atom stereocenters. The molecule has 0 bridgehead atoms. The predicted molar refractivity (Wildman–Crippen MR) is 54.1 cm³/mol. The molecular formula is C9H15NO2Si. The molecule has 1 aromatic rings. The van der Waals surface area contributed by atoms with Crippen LogP contribution in [0.1, 0.15) is 5.56 Å². The first kappa shape index (κ1) is 10.4. The van der Waals surface area contributed by atoms with Gasteiger partial charge in [-0.3, -0.25) is 0 Å². The van der Waals surface area contributed by atoms with Crippen LogP contribution in [-0.2, 0) is 14.9 Å². The summed E-state index contributed by atoms with van der Waals surface area (Å²) in [5, 5.41) is 5.92. The fraction of sp³-hybridized carbons (Fsp3) is 0.333. The Kier molecular flexibility index (Phi) is 3.62. The van der Waals surface area contributed by atoms with Crippen LogP contribution in [0, 0.1) is 0 Å². The molecule has 2 N–H and O–H groups in total. The van der Waals surface area contributed by atoms with Gasteiger partial charge in [-0.05, 0) is 5.56 Å². The Morgan fingerprint density at radius 3 is 2.15 bits per heavy atom. The molecule has 0 aromatic heterocycles. The second-order valence-electron chi connectivity index (χ2n) is 2.88. The molecule has 0 aliphatic heterocycles. The van der Waals surface area contributed by atoms with E-state index in [1.807, 2.05) is 30.3 Å². The molecule has 0 unspecified atom stereocenters. The quantitative estimate of drug-likeness (QED) is 0.731. The van der Waals surface area contributed by atoms with E-state index < -0.39 is 8.72 Å². The fourth-order valence-electron chi connectivity index (χ4n) is 1.11. The third-order valence-corrected chi connectivity index (χ3v) is 4.27. The van der Waals surface area contributed by atoms with E-state index in [4.69, 9.17) is 14.3 Å². The summed E-state index contributed by atoms with van der Waals surface area (Å²) in [7, 11) is 0.754. The van der Waals surface area contributed by atoms with Crippen molar-refractivity contribution < 1.29 is 8.85 Å². The molecule has 1 rings (SSSR count). The van der Waals surface area contributed by atoms with Crippen LogP contribution >= 0.6 is 0 Å². The second-order valence-corrected chi connectivity index (χ2v) is 5.68. The summed E-state index contributed by atoms with van der Waals surface area (Å²) in [5.74, 6) is 0. The molecule has 3 nitrogen and oxygen atoms in total. The lowest BCUT2D eigenvalue weighted by atomic mass is 10.2. The highest BCUT2D eigenvalue weighted by molar-refractivity contribution is 6.63. The Bertz CT molecular complexity index is 249. The molecule has 13 heavy (non-hydrogen) atoms. The van der Waals surface area contributed by atoms with E-state index in [2.05, 4.69) is 0 Å². The molecule has 72 valence electrons. The monoisotopic (exact) mass is 197 g/mol. The van der Waals surface area contributed by atoms with Crippen molar-refractivity contribution in [1.29, 1.82) is 0 Å². The largest absolute Gasteiger partial charge is 0.426 e. The zero-order valence-electron chi connectivity index (χ0n) is 7.99. The van der Waals surface area contributed by atoms with Crippen molar-refractivity contribution in [2.75, 3.05) is 14.2 Å². The Morgan fingerprint density at radius 1 is 1.15 bits per heavy atom. The summed E-state index contributed by atoms with van der Waals surface area (Å²) in [6.07, 6.45) is 0. The van der Waals surface area contributed by atoms with E-state index in [1.165, 1.54) is 0 Å². The zero-order valence-corrected chi connectivity index (χ0v) is 8.99. The van der Waals surface area contributed by atoms with Crippen LogP contribution < -0.4 is 5.40 Å². The number of rotatable bonds is 4. The van der Waals surface area contributed by atoms with Crippen LogP contribution in [0.5, 0.6) is 0 Å². The molecule has 0 radical (unpaired) electrons. The number of hydrogen-bond acceptors (Lipinski definition) is 3. The van der Waals surface area contributed by atoms with Crippen LogP contribution in [0.15, 0.2) is 30.3 Å². The zero-order chi connectivity index (χ0) is 9.73. The van der Waals surface area contributed by atoms with Crippen molar-refractivity contribution in [2.24, 2.45) is 5.40 Å². The van der Waals surface area contributed by atoms with Crippen LogP contribution in [0.4, 0.5) is 0 Å². The molecule has 4 heteroatoms. The van der Waals surface area contributed by atoms with Gasteiger partial charge in [-0.15, -0.1) is 0 Å². The molecule has 0 aliphatic rings. The minimum Gasteiger partial charge on any atom is -0.386 e. The lowest BCUT2D eigenvalue weighted by molar-refractivity contribution is 0.242. The van der Waals surface area contributed by atoms with Crippen LogP contribution in [0.3, 0.4) is 0 Å². The smallest absolute Gasteiger partial charge is 0.386 e. The van der Waals surface area contributed by atoms with Gasteiger partial charge in [0.15, 0.2) is 0 Å². The third kappa shape index (κ3) is 2.93. The first-order chi connectivity index (χ1) is 6.20. The first-order valence-corrected chi connectivity index (χ1v) is 6.23. The van der Waals surface area contributed by atoms with E-state index in [1.54, 1.807) is 14.2 Å². The normalized spacial score (nSPS) is 11.6. The van der Waals surface area contributed by atoms with Gasteiger partial charge in [-0.25, -0.2) is 0 Å². The molecule has 0 amide bonds. The Balaban J connectivity index is 2.68. The molecule has 0 saturated heterocycles. The first-order valence-electron chi connectivity index (χ1n) is 4.13. The highest BCUT2D eigenvalue weighted by atomic mass is 28.4. The highest BCUT2D eigenvalue weighted by Gasteiger charge is 2.30. The van der Waals surface area contributed by atoms with Gasteiger partial charge in [-0.2, -0.15) is 0 Å². The lowest BCUT2D eigenvalue weighted by Gasteiger charge is -2.21. The van der Waals surface area contributed by atoms with E-state index >= 15 is 0 Å². The Labute approximate surface area is 79.8 Å². The molecule has 0 heterocycles. The van der Waals surface area contributed by atoms with Gasteiger partial charge in [0.05, 0.1) is 0 Å². The van der Waals surface area contributed by atoms with Gasteiger partial charge in [0.25, 0.3) is 0 Å². The molecule has 1 aromatic carbocycles. The van der Waals surface area contributed by atoms with Crippen molar-refractivity contribution in [1.82, 2.24) is 0 Å². The second kappa shape index (κ2) is 4.52. The van der Waals surface area contributed by atoms with Gasteiger partial charge in [-0.1, -0.05) is 30.3 Å². The summed E-state index contributed by atoms with van der Waals surface area (Å²) in [6, 6.07) is 10.7. The summed E-state index contributed by atoms with van der Waals surface area (Å²) >= 11 is 0. The van der Waals surface area contributed by atoms with Gasteiger partial charge in [0.1, 0.15) is 0 Å². The summed E-state index contributed by atoms with van der Waals surface area (Å²) in [4.78, 5) is 0. The average Bonchev–Trinajstić information content (AvgIpc) is 2.19. The molecule has 0 saturated carbocycles. The number of benzene rings is 1. The van der Waals surface area contributed by atoms with Gasteiger partial charge in [0.2, 0.25) is 0 Å². The standard InChI is InChI=1S/C9H15NO2Si/c1-11-13(10,12-2)8-9-6-4-3-5-7-9/h3-7H,8,10H2,1-2H3. The van der Waals surface area contributed by atoms with Gasteiger partial charge >= 0.3 is 8.72 Å². The summed E-state index contributed by atoms with van der Waals surface area (Å²) in [5.41, 5.74) is 1.15. The Morgan fingerprint density at radius 2 is 1.69 bits per heavy atom. The van der Waals surface area contributed by atoms with Crippen molar-refractivity contribution in [3.63, 3.8) is 0 Å². The summed E-state index contributed by atoms with van der Waals surface area (Å²) < 4.78 is 10.4. The minimum absolute atomic E-state index is 0.681.